The molecule has 0 spiro atoms. The molecule has 0 N–H and O–H groups in total. The second kappa shape index (κ2) is 5.75. The van der Waals surface area contributed by atoms with E-state index in [1.165, 1.54) is 0 Å². The predicted molar refractivity (Wildman–Crippen MR) is 52.9 cm³/mol. The van der Waals surface area contributed by atoms with Crippen LogP contribution in [0.4, 0.5) is 0 Å². The summed E-state index contributed by atoms with van der Waals surface area (Å²) >= 11 is 0. The summed E-state index contributed by atoms with van der Waals surface area (Å²) in [4.78, 5) is 0. The summed E-state index contributed by atoms with van der Waals surface area (Å²) in [6.07, 6.45) is 9.01. The van der Waals surface area contributed by atoms with E-state index in [0.29, 0.717) is 12.8 Å². The van der Waals surface area contributed by atoms with Gasteiger partial charge in [0.05, 0.1) is 0 Å². The highest BCUT2D eigenvalue weighted by Gasteiger charge is 1.84. The van der Waals surface area contributed by atoms with Crippen molar-refractivity contribution in [1.82, 2.24) is 0 Å². The first-order valence-electron chi connectivity index (χ1n) is 4.06. The zero-order valence-electron chi connectivity index (χ0n) is 7.29. The normalized spacial score (nSPS) is 7.92. The van der Waals surface area contributed by atoms with Crippen molar-refractivity contribution in [3.63, 3.8) is 0 Å². The molecule has 1 aromatic carbocycles. The first-order valence-corrected chi connectivity index (χ1v) is 4.06. The molecular formula is C12H10O. The Balaban J connectivity index is 2.34. The average molecular weight is 170 g/mol. The molecular weight excluding hydrogens is 160 g/mol. The van der Waals surface area contributed by atoms with Gasteiger partial charge in [0, 0.05) is 12.8 Å². The molecule has 0 aliphatic rings. The second-order valence-electron chi connectivity index (χ2n) is 2.40. The summed E-state index contributed by atoms with van der Waals surface area (Å²) in [5.41, 5.74) is 0. The maximum absolute atomic E-state index is 5.12. The Labute approximate surface area is 78.7 Å². The lowest BCUT2D eigenvalue weighted by atomic mass is 10.3. The minimum Gasteiger partial charge on any atom is -0.408 e. The van der Waals surface area contributed by atoms with Gasteiger partial charge in [-0.3, -0.25) is 0 Å². The van der Waals surface area contributed by atoms with Crippen LogP contribution in [0.15, 0.2) is 30.3 Å². The van der Waals surface area contributed by atoms with Gasteiger partial charge < -0.3 is 4.74 Å². The van der Waals surface area contributed by atoms with Crippen LogP contribution in [0, 0.1) is 24.4 Å². The predicted octanol–water partition coefficient (Wildman–Crippen LogP) is 2.44. The van der Waals surface area contributed by atoms with Crippen LogP contribution in [0.1, 0.15) is 12.8 Å². The molecule has 0 amide bonds. The van der Waals surface area contributed by atoms with Crippen LogP contribution in [0.5, 0.6) is 5.75 Å². The van der Waals surface area contributed by atoms with Crippen molar-refractivity contribution in [2.45, 2.75) is 12.8 Å². The zero-order valence-corrected chi connectivity index (χ0v) is 7.29. The van der Waals surface area contributed by atoms with Crippen LogP contribution < -0.4 is 4.74 Å². The molecule has 1 nitrogen and oxygen atoms in total. The summed E-state index contributed by atoms with van der Waals surface area (Å²) in [6.45, 7) is 0. The molecule has 0 fully saturated rings. The number of rotatable bonds is 2. The fourth-order valence-corrected chi connectivity index (χ4v) is 0.769. The average Bonchev–Trinajstić information content (AvgIpc) is 2.19. The molecule has 0 heterocycles. The largest absolute Gasteiger partial charge is 0.408 e. The van der Waals surface area contributed by atoms with Gasteiger partial charge in [-0.25, -0.2) is 0 Å². The van der Waals surface area contributed by atoms with Crippen molar-refractivity contribution in [3.8, 4) is 30.1 Å². The van der Waals surface area contributed by atoms with Crippen molar-refractivity contribution >= 4 is 0 Å². The fraction of sp³-hybridized carbons (Fsp3) is 0.167. The Hall–Kier alpha value is -1.86. The standard InChI is InChI=1S/C12H10O/c1-2-3-4-8-11-13-12-9-6-5-7-10-12/h1,5-7,9-10H,3-4H2. The van der Waals surface area contributed by atoms with Crippen LogP contribution in [0.3, 0.4) is 0 Å². The van der Waals surface area contributed by atoms with E-state index in [1.54, 1.807) is 0 Å². The molecule has 1 rings (SSSR count). The van der Waals surface area contributed by atoms with E-state index in [2.05, 4.69) is 17.9 Å². The molecule has 0 aromatic heterocycles. The Morgan fingerprint density at radius 2 is 1.92 bits per heavy atom. The van der Waals surface area contributed by atoms with Gasteiger partial charge in [0.25, 0.3) is 0 Å². The Kier molecular flexibility index (Phi) is 4.08. The van der Waals surface area contributed by atoms with Crippen LogP contribution in [-0.4, -0.2) is 0 Å². The monoisotopic (exact) mass is 170 g/mol. The van der Waals surface area contributed by atoms with E-state index < -0.39 is 0 Å². The highest BCUT2D eigenvalue weighted by Crippen LogP contribution is 2.06. The highest BCUT2D eigenvalue weighted by molar-refractivity contribution is 5.22. The van der Waals surface area contributed by atoms with Gasteiger partial charge in [-0.05, 0) is 12.1 Å². The molecule has 64 valence electrons. The Morgan fingerprint density at radius 1 is 1.15 bits per heavy atom. The van der Waals surface area contributed by atoms with Gasteiger partial charge in [-0.1, -0.05) is 24.1 Å². The van der Waals surface area contributed by atoms with Gasteiger partial charge in [0.15, 0.2) is 0 Å². The van der Waals surface area contributed by atoms with Gasteiger partial charge >= 0.3 is 0 Å². The third-order valence-corrected chi connectivity index (χ3v) is 1.38. The minimum absolute atomic E-state index is 0.672. The Bertz CT molecular complexity index is 335. The van der Waals surface area contributed by atoms with Gasteiger partial charge in [-0.2, -0.15) is 0 Å². The van der Waals surface area contributed by atoms with Crippen molar-refractivity contribution in [3.05, 3.63) is 30.3 Å². The molecule has 1 heteroatoms. The van der Waals surface area contributed by atoms with E-state index in [1.807, 2.05) is 30.3 Å². The second-order valence-corrected chi connectivity index (χ2v) is 2.40. The van der Waals surface area contributed by atoms with Crippen LogP contribution in [0.25, 0.3) is 0 Å². The number of unbranched alkanes of at least 4 members (excludes halogenated alkanes) is 1. The van der Waals surface area contributed by atoms with Crippen molar-refractivity contribution < 1.29 is 4.74 Å². The van der Waals surface area contributed by atoms with Gasteiger partial charge in [0.1, 0.15) is 11.9 Å². The summed E-state index contributed by atoms with van der Waals surface area (Å²) in [6, 6.07) is 9.45. The number of benzene rings is 1. The first kappa shape index (κ1) is 9.23. The van der Waals surface area contributed by atoms with Crippen molar-refractivity contribution in [1.29, 1.82) is 0 Å². The molecule has 0 atom stereocenters. The molecule has 0 unspecified atom stereocenters. The number of ether oxygens (including phenoxy) is 1. The lowest BCUT2D eigenvalue weighted by molar-refractivity contribution is 0.519. The van der Waals surface area contributed by atoms with Crippen molar-refractivity contribution in [2.24, 2.45) is 0 Å². The molecule has 0 radical (unpaired) electrons. The highest BCUT2D eigenvalue weighted by atomic mass is 16.5. The summed E-state index contributed by atoms with van der Waals surface area (Å²) in [5, 5.41) is 0. The minimum atomic E-state index is 0.672. The lowest BCUT2D eigenvalue weighted by Crippen LogP contribution is -1.80. The zero-order chi connectivity index (χ0) is 9.36. The third kappa shape index (κ3) is 3.89. The lowest BCUT2D eigenvalue weighted by Gasteiger charge is -1.93. The maximum Gasteiger partial charge on any atom is 0.140 e. The van der Waals surface area contributed by atoms with E-state index in [9.17, 15) is 0 Å². The molecule has 1 aromatic rings. The maximum atomic E-state index is 5.12. The van der Waals surface area contributed by atoms with Crippen LogP contribution in [0.2, 0.25) is 0 Å². The summed E-state index contributed by atoms with van der Waals surface area (Å²) in [5.74, 6) is 6.09. The molecule has 0 saturated carbocycles. The van der Waals surface area contributed by atoms with Crippen LogP contribution >= 0.6 is 0 Å². The number of hydrogen-bond donors (Lipinski definition) is 0. The van der Waals surface area contributed by atoms with E-state index in [4.69, 9.17) is 11.2 Å². The molecule has 0 saturated heterocycles. The Morgan fingerprint density at radius 3 is 2.62 bits per heavy atom. The number of para-hydroxylation sites is 1. The SMILES string of the molecule is C#CCCC#COc1ccccc1. The van der Waals surface area contributed by atoms with E-state index >= 15 is 0 Å². The molecule has 0 bridgehead atoms. The number of hydrogen-bond acceptors (Lipinski definition) is 1. The molecule has 0 aliphatic heterocycles. The van der Waals surface area contributed by atoms with Gasteiger partial charge in [-0.15, -0.1) is 12.3 Å². The summed E-state index contributed by atoms with van der Waals surface area (Å²) < 4.78 is 5.12. The third-order valence-electron chi connectivity index (χ3n) is 1.38. The fourth-order valence-electron chi connectivity index (χ4n) is 0.769. The van der Waals surface area contributed by atoms with E-state index in [0.717, 1.165) is 5.75 Å². The number of terminal acetylenes is 1. The topological polar surface area (TPSA) is 9.23 Å². The molecule has 13 heavy (non-hydrogen) atoms. The summed E-state index contributed by atoms with van der Waals surface area (Å²) in [7, 11) is 0. The smallest absolute Gasteiger partial charge is 0.140 e. The van der Waals surface area contributed by atoms with Crippen LogP contribution in [-0.2, 0) is 0 Å². The van der Waals surface area contributed by atoms with Gasteiger partial charge in [0.2, 0.25) is 0 Å². The van der Waals surface area contributed by atoms with E-state index in [-0.39, 0.29) is 0 Å². The molecule has 0 aliphatic carbocycles. The van der Waals surface area contributed by atoms with Crippen molar-refractivity contribution in [2.75, 3.05) is 0 Å². The first-order chi connectivity index (χ1) is 6.43. The quantitative estimate of drug-likeness (QED) is 0.489.